The van der Waals surface area contributed by atoms with Gasteiger partial charge in [0.05, 0.1) is 17.9 Å². The lowest BCUT2D eigenvalue weighted by Gasteiger charge is -2.10. The molecule has 102 valence electrons. The molecule has 1 aliphatic carbocycles. The second kappa shape index (κ2) is 4.53. The van der Waals surface area contributed by atoms with Crippen LogP contribution in [0.25, 0.3) is 21.7 Å². The number of halogens is 1. The van der Waals surface area contributed by atoms with Gasteiger partial charge in [0.1, 0.15) is 15.7 Å². The largest absolute Gasteiger partial charge is 0.331 e. The average molecular weight is 305 g/mol. The number of thiophene rings is 1. The summed E-state index contributed by atoms with van der Waals surface area (Å²) < 4.78 is 1.91. The maximum Gasteiger partial charge on any atom is 0.180 e. The van der Waals surface area contributed by atoms with Crippen molar-refractivity contribution >= 4 is 33.2 Å². The van der Waals surface area contributed by atoms with Crippen molar-refractivity contribution in [3.8, 4) is 11.5 Å². The number of nitrogens with zero attached hydrogens (tertiary/aromatic N) is 4. The SMILES string of the molecule is Cn1cncc1-c1nc(Cl)c2c3c(sc2n1)CCCC3. The van der Waals surface area contributed by atoms with Crippen LogP contribution < -0.4 is 0 Å². The predicted octanol–water partition coefficient (Wildman–Crippen LogP) is 3.62. The molecule has 0 saturated heterocycles. The smallest absolute Gasteiger partial charge is 0.180 e. The van der Waals surface area contributed by atoms with E-state index in [1.165, 1.54) is 23.3 Å². The molecule has 4 rings (SSSR count). The monoisotopic (exact) mass is 304 g/mol. The molecule has 0 aromatic carbocycles. The molecule has 0 fully saturated rings. The topological polar surface area (TPSA) is 43.6 Å². The first-order valence-electron chi connectivity index (χ1n) is 6.68. The summed E-state index contributed by atoms with van der Waals surface area (Å²) in [7, 11) is 1.93. The Bertz CT molecular complexity index is 805. The maximum atomic E-state index is 6.44. The zero-order chi connectivity index (χ0) is 13.7. The number of hydrogen-bond acceptors (Lipinski definition) is 4. The molecule has 0 N–H and O–H groups in total. The van der Waals surface area contributed by atoms with E-state index in [-0.39, 0.29) is 0 Å². The van der Waals surface area contributed by atoms with Crippen LogP contribution in [0.15, 0.2) is 12.5 Å². The van der Waals surface area contributed by atoms with E-state index in [4.69, 9.17) is 16.6 Å². The van der Waals surface area contributed by atoms with Crippen LogP contribution in [0.4, 0.5) is 0 Å². The highest BCUT2D eigenvalue weighted by Crippen LogP contribution is 2.39. The maximum absolute atomic E-state index is 6.44. The Morgan fingerprint density at radius 2 is 2.10 bits per heavy atom. The Morgan fingerprint density at radius 1 is 1.25 bits per heavy atom. The van der Waals surface area contributed by atoms with Crippen molar-refractivity contribution in [1.29, 1.82) is 0 Å². The summed E-state index contributed by atoms with van der Waals surface area (Å²) in [6.07, 6.45) is 8.26. The van der Waals surface area contributed by atoms with Gasteiger partial charge in [-0.15, -0.1) is 11.3 Å². The Morgan fingerprint density at radius 3 is 2.90 bits per heavy atom. The van der Waals surface area contributed by atoms with Crippen LogP contribution in [0.2, 0.25) is 5.15 Å². The molecule has 3 aromatic heterocycles. The molecule has 0 unspecified atom stereocenters. The number of aromatic nitrogens is 4. The van der Waals surface area contributed by atoms with Gasteiger partial charge in [0.2, 0.25) is 0 Å². The molecule has 0 atom stereocenters. The third-order valence-electron chi connectivity index (χ3n) is 3.82. The minimum absolute atomic E-state index is 0.575. The molecule has 0 radical (unpaired) electrons. The third kappa shape index (κ3) is 1.77. The van der Waals surface area contributed by atoms with Crippen molar-refractivity contribution in [2.75, 3.05) is 0 Å². The van der Waals surface area contributed by atoms with E-state index in [9.17, 15) is 0 Å². The van der Waals surface area contributed by atoms with Crippen molar-refractivity contribution in [3.05, 3.63) is 28.1 Å². The molecule has 0 bridgehead atoms. The summed E-state index contributed by atoms with van der Waals surface area (Å²) in [5.41, 5.74) is 2.26. The summed E-state index contributed by atoms with van der Waals surface area (Å²) in [5, 5.41) is 1.64. The minimum atomic E-state index is 0.575. The van der Waals surface area contributed by atoms with Crippen LogP contribution in [0, 0.1) is 0 Å². The first-order valence-corrected chi connectivity index (χ1v) is 7.88. The zero-order valence-corrected chi connectivity index (χ0v) is 12.6. The molecule has 3 heterocycles. The molecule has 0 saturated carbocycles. The quantitative estimate of drug-likeness (QED) is 0.645. The van der Waals surface area contributed by atoms with Gasteiger partial charge in [-0.3, -0.25) is 0 Å². The fraction of sp³-hybridized carbons (Fsp3) is 0.357. The summed E-state index contributed by atoms with van der Waals surface area (Å²) >= 11 is 8.20. The first-order chi connectivity index (χ1) is 9.74. The molecule has 1 aliphatic rings. The van der Waals surface area contributed by atoms with E-state index in [0.717, 1.165) is 28.8 Å². The van der Waals surface area contributed by atoms with Gasteiger partial charge < -0.3 is 4.57 Å². The van der Waals surface area contributed by atoms with Crippen LogP contribution in [0.1, 0.15) is 23.3 Å². The van der Waals surface area contributed by atoms with Crippen molar-refractivity contribution in [1.82, 2.24) is 19.5 Å². The van der Waals surface area contributed by atoms with Gasteiger partial charge >= 0.3 is 0 Å². The minimum Gasteiger partial charge on any atom is -0.331 e. The molecular weight excluding hydrogens is 292 g/mol. The number of imidazole rings is 1. The number of hydrogen-bond donors (Lipinski definition) is 0. The molecule has 20 heavy (non-hydrogen) atoms. The van der Waals surface area contributed by atoms with E-state index in [1.807, 2.05) is 11.6 Å². The van der Waals surface area contributed by atoms with Gasteiger partial charge in [-0.2, -0.15) is 0 Å². The van der Waals surface area contributed by atoms with Crippen LogP contribution >= 0.6 is 22.9 Å². The summed E-state index contributed by atoms with van der Waals surface area (Å²) in [4.78, 5) is 15.8. The van der Waals surface area contributed by atoms with Crippen molar-refractivity contribution in [2.24, 2.45) is 7.05 Å². The first kappa shape index (κ1) is 12.3. The van der Waals surface area contributed by atoms with Crippen LogP contribution in [-0.4, -0.2) is 19.5 Å². The van der Waals surface area contributed by atoms with Gasteiger partial charge in [-0.25, -0.2) is 15.0 Å². The normalized spacial score (nSPS) is 14.7. The molecule has 6 heteroatoms. The highest BCUT2D eigenvalue weighted by atomic mass is 35.5. The van der Waals surface area contributed by atoms with Crippen LogP contribution in [0.3, 0.4) is 0 Å². The standard InChI is InChI=1S/C14H13ClN4S/c1-19-7-16-6-9(19)13-17-12(15)11-8-4-2-3-5-10(8)20-14(11)18-13/h6-7H,2-5H2,1H3. The van der Waals surface area contributed by atoms with E-state index in [2.05, 4.69) is 9.97 Å². The molecule has 0 spiro atoms. The Kier molecular flexibility index (Phi) is 2.79. The molecule has 3 aromatic rings. The van der Waals surface area contributed by atoms with E-state index in [1.54, 1.807) is 23.9 Å². The highest BCUT2D eigenvalue weighted by Gasteiger charge is 2.21. The Balaban J connectivity index is 1.97. The molecular formula is C14H13ClN4S. The average Bonchev–Trinajstić information content (AvgIpc) is 3.01. The second-order valence-corrected chi connectivity index (χ2v) is 6.56. The van der Waals surface area contributed by atoms with Crippen molar-refractivity contribution in [2.45, 2.75) is 25.7 Å². The van der Waals surface area contributed by atoms with E-state index in [0.29, 0.717) is 11.0 Å². The molecule has 0 aliphatic heterocycles. The lowest BCUT2D eigenvalue weighted by atomic mass is 9.97. The van der Waals surface area contributed by atoms with Gasteiger partial charge in [0, 0.05) is 11.9 Å². The number of aryl methyl sites for hydroxylation is 3. The Labute approximate surface area is 125 Å². The Hall–Kier alpha value is -1.46. The number of rotatable bonds is 1. The van der Waals surface area contributed by atoms with Gasteiger partial charge in [0.25, 0.3) is 0 Å². The number of fused-ring (bicyclic) bond motifs is 3. The summed E-state index contributed by atoms with van der Waals surface area (Å²) in [6, 6.07) is 0. The fourth-order valence-electron chi connectivity index (χ4n) is 2.80. The zero-order valence-electron chi connectivity index (χ0n) is 11.1. The summed E-state index contributed by atoms with van der Waals surface area (Å²) in [6.45, 7) is 0. The van der Waals surface area contributed by atoms with Crippen LogP contribution in [-0.2, 0) is 19.9 Å². The lowest BCUT2D eigenvalue weighted by molar-refractivity contribution is 0.700. The van der Waals surface area contributed by atoms with E-state index < -0.39 is 0 Å². The van der Waals surface area contributed by atoms with Crippen molar-refractivity contribution < 1.29 is 0 Å². The highest BCUT2D eigenvalue weighted by molar-refractivity contribution is 7.19. The lowest BCUT2D eigenvalue weighted by Crippen LogP contribution is -1.99. The second-order valence-electron chi connectivity index (χ2n) is 5.12. The molecule has 0 amide bonds. The third-order valence-corrected chi connectivity index (χ3v) is 5.28. The van der Waals surface area contributed by atoms with Gasteiger partial charge in [0.15, 0.2) is 5.82 Å². The predicted molar refractivity (Wildman–Crippen MR) is 81.3 cm³/mol. The van der Waals surface area contributed by atoms with Crippen molar-refractivity contribution in [3.63, 3.8) is 0 Å². The summed E-state index contributed by atoms with van der Waals surface area (Å²) in [5.74, 6) is 0.654. The van der Waals surface area contributed by atoms with Gasteiger partial charge in [-0.05, 0) is 31.2 Å². The van der Waals surface area contributed by atoms with Crippen LogP contribution in [0.5, 0.6) is 0 Å². The molecule has 4 nitrogen and oxygen atoms in total. The van der Waals surface area contributed by atoms with Gasteiger partial charge in [-0.1, -0.05) is 11.6 Å². The fourth-order valence-corrected chi connectivity index (χ4v) is 4.40. The van der Waals surface area contributed by atoms with E-state index >= 15 is 0 Å².